The van der Waals surface area contributed by atoms with Crippen LogP contribution in [0.4, 0.5) is 4.39 Å². The number of nitrogens with zero attached hydrogens (tertiary/aromatic N) is 1. The minimum absolute atomic E-state index is 0.121. The van der Waals surface area contributed by atoms with Crippen LogP contribution in [0.25, 0.3) is 0 Å². The van der Waals surface area contributed by atoms with Crippen LogP contribution in [0.2, 0.25) is 0 Å². The van der Waals surface area contributed by atoms with Gasteiger partial charge in [0.1, 0.15) is 11.6 Å². The number of piperidine rings is 1. The van der Waals surface area contributed by atoms with E-state index >= 15 is 0 Å². The molecule has 0 saturated carbocycles. The number of carbonyl (C=O) groups is 1. The zero-order valence-corrected chi connectivity index (χ0v) is 20.9. The predicted molar refractivity (Wildman–Crippen MR) is 136 cm³/mol. The summed E-state index contributed by atoms with van der Waals surface area (Å²) in [6, 6.07) is 22.9. The maximum absolute atomic E-state index is 13.9. The summed E-state index contributed by atoms with van der Waals surface area (Å²) in [6.07, 6.45) is 1.04. The van der Waals surface area contributed by atoms with Gasteiger partial charge in [0.2, 0.25) is 0 Å². The molecule has 0 atom stereocenters. The first-order chi connectivity index (χ1) is 17.3. The van der Waals surface area contributed by atoms with Gasteiger partial charge in [0, 0.05) is 37.2 Å². The molecule has 3 aromatic carbocycles. The van der Waals surface area contributed by atoms with Gasteiger partial charge in [-0.3, -0.25) is 4.79 Å². The minimum atomic E-state index is -3.80. The van der Waals surface area contributed by atoms with Gasteiger partial charge >= 0.3 is 0 Å². The maximum Gasteiger partial charge on any atom is 0.279 e. The lowest BCUT2D eigenvalue weighted by Gasteiger charge is -2.42. The van der Waals surface area contributed by atoms with E-state index in [1.54, 1.807) is 42.5 Å². The molecule has 0 aromatic heterocycles. The van der Waals surface area contributed by atoms with E-state index in [0.29, 0.717) is 30.7 Å². The number of hydrogen-bond donors (Lipinski definition) is 2. The highest BCUT2D eigenvalue weighted by atomic mass is 32.2. The summed E-state index contributed by atoms with van der Waals surface area (Å²) in [7, 11) is -2.28. The van der Waals surface area contributed by atoms with Crippen molar-refractivity contribution in [3.63, 3.8) is 0 Å². The molecule has 0 bridgehead atoms. The van der Waals surface area contributed by atoms with Gasteiger partial charge in [-0.2, -0.15) is 17.4 Å². The van der Waals surface area contributed by atoms with Crippen LogP contribution in [-0.2, 0) is 22.2 Å². The lowest BCUT2D eigenvalue weighted by Crippen LogP contribution is -2.52. The summed E-state index contributed by atoms with van der Waals surface area (Å²) in [4.78, 5) is 13.0. The minimum Gasteiger partial charge on any atom is -0.496 e. The molecule has 1 amide bonds. The number of para-hydroxylation sites is 1. The van der Waals surface area contributed by atoms with Crippen molar-refractivity contribution in [2.75, 3.05) is 26.7 Å². The standard InChI is InChI=1S/C27H30FN3O4S/c1-35-25-14-8-6-12-23(25)26(32)29-20-27(22-10-3-2-4-11-22)15-17-31(18-16-27)36(33,34)30-19-21-9-5-7-13-24(21)28/h2-14,30H,15-20H2,1H3,(H,29,32). The van der Waals surface area contributed by atoms with Gasteiger partial charge in [-0.15, -0.1) is 0 Å². The fourth-order valence-electron chi connectivity index (χ4n) is 4.59. The molecular formula is C27H30FN3O4S. The van der Waals surface area contributed by atoms with E-state index in [-0.39, 0.29) is 31.1 Å². The van der Waals surface area contributed by atoms with Crippen LogP contribution in [0.15, 0.2) is 78.9 Å². The zero-order chi connectivity index (χ0) is 25.6. The number of methoxy groups -OCH3 is 1. The molecule has 36 heavy (non-hydrogen) atoms. The predicted octanol–water partition coefficient (Wildman–Crippen LogP) is 3.63. The molecule has 1 saturated heterocycles. The van der Waals surface area contributed by atoms with E-state index in [1.165, 1.54) is 17.5 Å². The number of ether oxygens (including phenoxy) is 1. The highest BCUT2D eigenvalue weighted by Crippen LogP contribution is 2.36. The van der Waals surface area contributed by atoms with Crippen molar-refractivity contribution in [1.82, 2.24) is 14.3 Å². The van der Waals surface area contributed by atoms with Crippen LogP contribution in [0, 0.1) is 5.82 Å². The normalized spacial score (nSPS) is 15.8. The van der Waals surface area contributed by atoms with Gasteiger partial charge in [-0.1, -0.05) is 60.7 Å². The van der Waals surface area contributed by atoms with Crippen molar-refractivity contribution in [2.24, 2.45) is 0 Å². The first-order valence-corrected chi connectivity index (χ1v) is 13.2. The molecule has 0 radical (unpaired) electrons. The smallest absolute Gasteiger partial charge is 0.279 e. The monoisotopic (exact) mass is 511 g/mol. The summed E-state index contributed by atoms with van der Waals surface area (Å²) in [5.41, 5.74) is 1.34. The van der Waals surface area contributed by atoms with Crippen LogP contribution >= 0.6 is 0 Å². The first-order valence-electron chi connectivity index (χ1n) is 11.8. The molecule has 2 N–H and O–H groups in total. The molecule has 7 nitrogen and oxygen atoms in total. The molecule has 4 rings (SSSR count). The largest absolute Gasteiger partial charge is 0.496 e. The van der Waals surface area contributed by atoms with Crippen LogP contribution in [0.3, 0.4) is 0 Å². The van der Waals surface area contributed by atoms with Gasteiger partial charge in [0.05, 0.1) is 12.7 Å². The van der Waals surface area contributed by atoms with E-state index in [1.807, 2.05) is 30.3 Å². The van der Waals surface area contributed by atoms with Crippen LogP contribution < -0.4 is 14.8 Å². The Bertz CT molecular complexity index is 1290. The quantitative estimate of drug-likeness (QED) is 0.459. The average molecular weight is 512 g/mol. The van der Waals surface area contributed by atoms with Crippen molar-refractivity contribution in [1.29, 1.82) is 0 Å². The van der Waals surface area contributed by atoms with Gasteiger partial charge in [0.15, 0.2) is 0 Å². The summed E-state index contributed by atoms with van der Waals surface area (Å²) in [5, 5.41) is 3.04. The Labute approximate surface area is 211 Å². The number of hydrogen-bond acceptors (Lipinski definition) is 4. The average Bonchev–Trinajstić information content (AvgIpc) is 2.92. The SMILES string of the molecule is COc1ccccc1C(=O)NCC1(c2ccccc2)CCN(S(=O)(=O)NCc2ccccc2F)CC1. The van der Waals surface area contributed by atoms with Crippen LogP contribution in [0.5, 0.6) is 5.75 Å². The van der Waals surface area contributed by atoms with Crippen molar-refractivity contribution in [3.05, 3.63) is 101 Å². The summed E-state index contributed by atoms with van der Waals surface area (Å²) >= 11 is 0. The molecule has 190 valence electrons. The van der Waals surface area contributed by atoms with Gasteiger partial charge < -0.3 is 10.1 Å². The highest BCUT2D eigenvalue weighted by Gasteiger charge is 2.39. The number of carbonyl (C=O) groups excluding carboxylic acids is 1. The fourth-order valence-corrected chi connectivity index (χ4v) is 5.78. The number of rotatable bonds is 9. The molecule has 0 spiro atoms. The van der Waals surface area contributed by atoms with E-state index in [4.69, 9.17) is 4.74 Å². The molecule has 1 heterocycles. The Morgan fingerprint density at radius 1 is 0.972 bits per heavy atom. The summed E-state index contributed by atoms with van der Waals surface area (Å²) in [5.74, 6) is -0.206. The zero-order valence-electron chi connectivity index (χ0n) is 20.1. The summed E-state index contributed by atoms with van der Waals surface area (Å²) in [6.45, 7) is 0.771. The summed E-state index contributed by atoms with van der Waals surface area (Å²) < 4.78 is 49.0. The van der Waals surface area contributed by atoms with E-state index in [2.05, 4.69) is 10.0 Å². The van der Waals surface area contributed by atoms with E-state index in [9.17, 15) is 17.6 Å². The second kappa shape index (κ2) is 11.2. The van der Waals surface area contributed by atoms with Gasteiger partial charge in [-0.05, 0) is 36.6 Å². The van der Waals surface area contributed by atoms with Crippen molar-refractivity contribution in [2.45, 2.75) is 24.8 Å². The van der Waals surface area contributed by atoms with Crippen LogP contribution in [-0.4, -0.2) is 45.4 Å². The molecule has 0 unspecified atom stereocenters. The highest BCUT2D eigenvalue weighted by molar-refractivity contribution is 7.87. The number of halogens is 1. The van der Waals surface area contributed by atoms with Crippen molar-refractivity contribution in [3.8, 4) is 5.75 Å². The topological polar surface area (TPSA) is 87.7 Å². The number of amides is 1. The second-order valence-electron chi connectivity index (χ2n) is 8.85. The Morgan fingerprint density at radius 3 is 2.31 bits per heavy atom. The Morgan fingerprint density at radius 2 is 1.61 bits per heavy atom. The van der Waals surface area contributed by atoms with Gasteiger partial charge in [0.25, 0.3) is 16.1 Å². The maximum atomic E-state index is 13.9. The van der Waals surface area contributed by atoms with Crippen molar-refractivity contribution >= 4 is 16.1 Å². The van der Waals surface area contributed by atoms with Crippen molar-refractivity contribution < 1.29 is 22.3 Å². The number of nitrogens with one attached hydrogen (secondary N) is 2. The van der Waals surface area contributed by atoms with Crippen LogP contribution in [0.1, 0.15) is 34.3 Å². The van der Waals surface area contributed by atoms with Gasteiger partial charge in [-0.25, -0.2) is 4.39 Å². The molecule has 1 fully saturated rings. The third kappa shape index (κ3) is 5.75. The fraction of sp³-hybridized carbons (Fsp3) is 0.296. The number of benzene rings is 3. The third-order valence-electron chi connectivity index (χ3n) is 6.75. The third-order valence-corrected chi connectivity index (χ3v) is 8.30. The molecule has 0 aliphatic carbocycles. The first kappa shape index (κ1) is 25.8. The molecule has 1 aliphatic rings. The Balaban J connectivity index is 1.46. The Kier molecular flexibility index (Phi) is 8.03. The lowest BCUT2D eigenvalue weighted by atomic mass is 9.73. The second-order valence-corrected chi connectivity index (χ2v) is 10.6. The van der Waals surface area contributed by atoms with E-state index in [0.717, 1.165) is 5.56 Å². The van der Waals surface area contributed by atoms with E-state index < -0.39 is 21.4 Å². The molecular weight excluding hydrogens is 481 g/mol. The molecule has 9 heteroatoms. The molecule has 1 aliphatic heterocycles. The molecule has 3 aromatic rings. The Hall–Kier alpha value is -3.27. The lowest BCUT2D eigenvalue weighted by molar-refractivity contribution is 0.0929.